The van der Waals surface area contributed by atoms with Gasteiger partial charge in [-0.1, -0.05) is 0 Å². The van der Waals surface area contributed by atoms with Gasteiger partial charge in [0, 0.05) is 0 Å². The second-order valence-electron chi connectivity index (χ2n) is 3.70. The molecule has 68 valence electrons. The lowest BCUT2D eigenvalue weighted by Crippen LogP contribution is -2.42. The third-order valence-corrected chi connectivity index (χ3v) is 2.81. The number of carbonyl (C=O) groups is 1. The topological polar surface area (TPSA) is 41.1 Å². The Morgan fingerprint density at radius 1 is 1.00 bits per heavy atom. The van der Waals surface area contributed by atoms with E-state index in [4.69, 9.17) is 0 Å². The Morgan fingerprint density at radius 2 is 1.50 bits per heavy atom. The molecule has 2 aliphatic heterocycles. The van der Waals surface area contributed by atoms with Gasteiger partial charge in [-0.25, -0.2) is 0 Å². The summed E-state index contributed by atoms with van der Waals surface area (Å²) in [6.45, 7) is 2.03. The molecule has 0 aromatic heterocycles. The molecule has 0 aromatic carbocycles. The molecule has 3 heteroatoms. The van der Waals surface area contributed by atoms with E-state index in [1.54, 1.807) is 0 Å². The summed E-state index contributed by atoms with van der Waals surface area (Å²) in [5.74, 6) is 0.394. The summed E-state index contributed by atoms with van der Waals surface area (Å²) in [7, 11) is 0. The Bertz CT molecular complexity index is 151. The average molecular weight is 168 g/mol. The molecule has 2 heterocycles. The van der Waals surface area contributed by atoms with Crippen molar-refractivity contribution in [3.8, 4) is 0 Å². The highest BCUT2D eigenvalue weighted by molar-refractivity contribution is 5.89. The highest BCUT2D eigenvalue weighted by atomic mass is 16.1. The predicted octanol–water partition coefficient (Wildman–Crippen LogP) is 0.0595. The van der Waals surface area contributed by atoms with E-state index >= 15 is 0 Å². The number of ketones is 1. The molecule has 0 saturated carbocycles. The second kappa shape index (κ2) is 3.54. The van der Waals surface area contributed by atoms with Crippen molar-refractivity contribution in [2.45, 2.75) is 37.8 Å². The van der Waals surface area contributed by atoms with E-state index in [0.717, 1.165) is 38.8 Å². The Morgan fingerprint density at radius 3 is 1.83 bits per heavy atom. The molecule has 0 aromatic rings. The Balaban J connectivity index is 1.89. The molecular formula is C9H16N2O. The molecule has 2 atom stereocenters. The van der Waals surface area contributed by atoms with Crippen LogP contribution in [0.3, 0.4) is 0 Å². The molecular weight excluding hydrogens is 152 g/mol. The molecule has 0 aliphatic carbocycles. The number of rotatable bonds is 2. The Labute approximate surface area is 72.9 Å². The van der Waals surface area contributed by atoms with Crippen LogP contribution in [0.5, 0.6) is 0 Å². The molecule has 0 radical (unpaired) electrons. The van der Waals surface area contributed by atoms with Crippen molar-refractivity contribution in [1.82, 2.24) is 10.6 Å². The minimum Gasteiger partial charge on any atom is -0.307 e. The zero-order chi connectivity index (χ0) is 8.39. The van der Waals surface area contributed by atoms with Crippen LogP contribution in [-0.2, 0) is 4.79 Å². The average Bonchev–Trinajstić information content (AvgIpc) is 2.77. The maximum absolute atomic E-state index is 11.7. The van der Waals surface area contributed by atoms with Gasteiger partial charge in [0.2, 0.25) is 0 Å². The number of hydrogen-bond acceptors (Lipinski definition) is 3. The van der Waals surface area contributed by atoms with Crippen molar-refractivity contribution in [1.29, 1.82) is 0 Å². The quantitative estimate of drug-likeness (QED) is 0.612. The van der Waals surface area contributed by atoms with Crippen molar-refractivity contribution < 1.29 is 4.79 Å². The number of nitrogens with one attached hydrogen (secondary N) is 2. The summed E-state index contributed by atoms with van der Waals surface area (Å²) >= 11 is 0. The lowest BCUT2D eigenvalue weighted by Gasteiger charge is -2.14. The van der Waals surface area contributed by atoms with E-state index in [2.05, 4.69) is 10.6 Å². The molecule has 0 amide bonds. The summed E-state index contributed by atoms with van der Waals surface area (Å²) in [6.07, 6.45) is 4.39. The van der Waals surface area contributed by atoms with Gasteiger partial charge in [-0.15, -0.1) is 0 Å². The first-order valence-corrected chi connectivity index (χ1v) is 4.88. The predicted molar refractivity (Wildman–Crippen MR) is 47.1 cm³/mol. The minimum absolute atomic E-state index is 0.153. The van der Waals surface area contributed by atoms with Gasteiger partial charge >= 0.3 is 0 Å². The van der Waals surface area contributed by atoms with Crippen LogP contribution in [0.1, 0.15) is 25.7 Å². The van der Waals surface area contributed by atoms with Crippen molar-refractivity contribution in [2.24, 2.45) is 0 Å². The first-order chi connectivity index (χ1) is 5.88. The highest BCUT2D eigenvalue weighted by Gasteiger charge is 2.30. The van der Waals surface area contributed by atoms with Crippen LogP contribution in [-0.4, -0.2) is 31.0 Å². The van der Waals surface area contributed by atoms with Gasteiger partial charge in [-0.2, -0.15) is 0 Å². The fraction of sp³-hybridized carbons (Fsp3) is 0.889. The zero-order valence-electron chi connectivity index (χ0n) is 7.31. The summed E-state index contributed by atoms with van der Waals surface area (Å²) in [6, 6.07) is 0.307. The van der Waals surface area contributed by atoms with Gasteiger partial charge < -0.3 is 10.6 Å². The molecule has 2 rings (SSSR count). The van der Waals surface area contributed by atoms with E-state index in [0.29, 0.717) is 5.78 Å². The van der Waals surface area contributed by atoms with Gasteiger partial charge in [0.05, 0.1) is 12.1 Å². The first-order valence-electron chi connectivity index (χ1n) is 4.88. The van der Waals surface area contributed by atoms with Crippen LogP contribution in [0.25, 0.3) is 0 Å². The van der Waals surface area contributed by atoms with Crippen LogP contribution < -0.4 is 10.6 Å². The third-order valence-electron chi connectivity index (χ3n) is 2.81. The highest BCUT2D eigenvalue weighted by Crippen LogP contribution is 2.13. The molecule has 0 unspecified atom stereocenters. The summed E-state index contributed by atoms with van der Waals surface area (Å²) < 4.78 is 0. The van der Waals surface area contributed by atoms with E-state index < -0.39 is 0 Å². The van der Waals surface area contributed by atoms with Gasteiger partial charge in [-0.05, 0) is 38.8 Å². The standard InChI is InChI=1S/C9H16N2O/c12-9(7-3-1-5-10-7)8-4-2-6-11-8/h7-8,10-11H,1-6H2/t7-,8-/m0/s1. The zero-order valence-corrected chi connectivity index (χ0v) is 7.31. The summed E-state index contributed by atoms with van der Waals surface area (Å²) in [5, 5.41) is 6.49. The third kappa shape index (κ3) is 1.52. The summed E-state index contributed by atoms with van der Waals surface area (Å²) in [5.41, 5.74) is 0. The molecule has 0 spiro atoms. The molecule has 3 nitrogen and oxygen atoms in total. The molecule has 2 fully saturated rings. The van der Waals surface area contributed by atoms with E-state index in [-0.39, 0.29) is 12.1 Å². The maximum Gasteiger partial charge on any atom is 0.166 e. The number of Topliss-reactive ketones (excluding diaryl/α,β-unsaturated/α-hetero) is 1. The van der Waals surface area contributed by atoms with Crippen molar-refractivity contribution >= 4 is 5.78 Å². The first kappa shape index (κ1) is 8.20. The van der Waals surface area contributed by atoms with Crippen LogP contribution in [0, 0.1) is 0 Å². The monoisotopic (exact) mass is 168 g/mol. The lowest BCUT2D eigenvalue weighted by atomic mass is 10.0. The van der Waals surface area contributed by atoms with Gasteiger partial charge in [0.1, 0.15) is 0 Å². The van der Waals surface area contributed by atoms with E-state index in [1.165, 1.54) is 0 Å². The van der Waals surface area contributed by atoms with Crippen molar-refractivity contribution in [2.75, 3.05) is 13.1 Å². The normalized spacial score (nSPS) is 35.7. The van der Waals surface area contributed by atoms with E-state index in [1.807, 2.05) is 0 Å². The van der Waals surface area contributed by atoms with E-state index in [9.17, 15) is 4.79 Å². The van der Waals surface area contributed by atoms with Crippen LogP contribution >= 0.6 is 0 Å². The van der Waals surface area contributed by atoms with Crippen LogP contribution in [0.2, 0.25) is 0 Å². The molecule has 0 bridgehead atoms. The summed E-state index contributed by atoms with van der Waals surface area (Å²) in [4.78, 5) is 11.7. The van der Waals surface area contributed by atoms with Gasteiger partial charge in [-0.3, -0.25) is 4.79 Å². The Kier molecular flexibility index (Phi) is 2.42. The number of hydrogen-bond donors (Lipinski definition) is 2. The molecule has 2 N–H and O–H groups in total. The minimum atomic E-state index is 0.153. The van der Waals surface area contributed by atoms with Gasteiger partial charge in [0.15, 0.2) is 5.78 Å². The fourth-order valence-electron chi connectivity index (χ4n) is 2.10. The molecule has 2 saturated heterocycles. The van der Waals surface area contributed by atoms with Crippen LogP contribution in [0.4, 0.5) is 0 Å². The van der Waals surface area contributed by atoms with Crippen molar-refractivity contribution in [3.63, 3.8) is 0 Å². The maximum atomic E-state index is 11.7. The second-order valence-corrected chi connectivity index (χ2v) is 3.70. The van der Waals surface area contributed by atoms with Crippen molar-refractivity contribution in [3.05, 3.63) is 0 Å². The SMILES string of the molecule is O=C([C@@H]1CCCN1)[C@@H]1CCCN1. The van der Waals surface area contributed by atoms with Gasteiger partial charge in [0.25, 0.3) is 0 Å². The molecule has 2 aliphatic rings. The fourth-order valence-corrected chi connectivity index (χ4v) is 2.10. The Hall–Kier alpha value is -0.410. The molecule has 12 heavy (non-hydrogen) atoms. The number of carbonyl (C=O) groups excluding carboxylic acids is 1. The van der Waals surface area contributed by atoms with Crippen LogP contribution in [0.15, 0.2) is 0 Å². The smallest absolute Gasteiger partial charge is 0.166 e. The lowest BCUT2D eigenvalue weighted by molar-refractivity contribution is -0.122. The largest absolute Gasteiger partial charge is 0.307 e.